The molecule has 0 aromatic rings. The van der Waals surface area contributed by atoms with E-state index in [0.717, 1.165) is 0 Å². The Hall–Kier alpha value is -1.63. The van der Waals surface area contributed by atoms with Crippen LogP contribution in [0.3, 0.4) is 0 Å². The first kappa shape index (κ1) is 24.4. The van der Waals surface area contributed by atoms with Gasteiger partial charge in [-0.25, -0.2) is 0 Å². The van der Waals surface area contributed by atoms with Crippen LogP contribution in [-0.2, 0) is 14.4 Å². The van der Waals surface area contributed by atoms with Gasteiger partial charge in [0.25, 0.3) is 0 Å². The summed E-state index contributed by atoms with van der Waals surface area (Å²) in [5.74, 6) is -1.70. The number of nitrogens with one attached hydrogen (secondary N) is 2. The summed E-state index contributed by atoms with van der Waals surface area (Å²) < 4.78 is 0. The van der Waals surface area contributed by atoms with Gasteiger partial charge in [0, 0.05) is 25.9 Å². The molecule has 7 heteroatoms. The number of aliphatic carboxylic acids is 1. The molecule has 0 rings (SSSR count). The molecule has 0 heterocycles. The Labute approximate surface area is 127 Å². The Bertz CT molecular complexity index is 283. The minimum absolute atomic E-state index is 0.0669. The van der Waals surface area contributed by atoms with Gasteiger partial charge in [0.1, 0.15) is 6.04 Å². The molecule has 0 bridgehead atoms. The Balaban J connectivity index is -0.000000739. The highest BCUT2D eigenvalue weighted by Crippen LogP contribution is 1.98. The van der Waals surface area contributed by atoms with Gasteiger partial charge in [-0.05, 0) is 6.42 Å². The predicted molar refractivity (Wildman–Crippen MR) is 83.9 cm³/mol. The number of nitrogens with two attached hydrogens (primary N) is 1. The van der Waals surface area contributed by atoms with Crippen molar-refractivity contribution in [2.75, 3.05) is 13.1 Å². The van der Waals surface area contributed by atoms with Crippen molar-refractivity contribution in [2.24, 2.45) is 5.73 Å². The van der Waals surface area contributed by atoms with Crippen LogP contribution < -0.4 is 16.4 Å². The average Bonchev–Trinajstić information content (AvgIpc) is 2.52. The van der Waals surface area contributed by atoms with Crippen LogP contribution in [0, 0.1) is 0 Å². The number of hydrogen-bond acceptors (Lipinski definition) is 4. The molecule has 0 aliphatic rings. The molecule has 2 amide bonds. The molecule has 21 heavy (non-hydrogen) atoms. The quantitative estimate of drug-likeness (QED) is 0.530. The number of carbonyl (C=O) groups is 3. The number of amides is 2. The first-order valence-electron chi connectivity index (χ1n) is 7.50. The molecule has 0 fully saturated rings. The Morgan fingerprint density at radius 3 is 2.05 bits per heavy atom. The summed E-state index contributed by atoms with van der Waals surface area (Å²) in [5, 5.41) is 13.5. The van der Waals surface area contributed by atoms with Gasteiger partial charge in [-0.1, -0.05) is 34.6 Å². The molecule has 0 saturated heterocycles. The van der Waals surface area contributed by atoms with Gasteiger partial charge in [0.05, 0.1) is 0 Å². The van der Waals surface area contributed by atoms with E-state index in [0.29, 0.717) is 13.1 Å². The van der Waals surface area contributed by atoms with E-state index in [-0.39, 0.29) is 25.2 Å². The first-order chi connectivity index (χ1) is 10.0. The number of hydrogen-bond donors (Lipinski definition) is 4. The van der Waals surface area contributed by atoms with E-state index in [4.69, 9.17) is 10.8 Å². The zero-order valence-corrected chi connectivity index (χ0v) is 13.9. The highest BCUT2D eigenvalue weighted by molar-refractivity contribution is 5.87. The molecule has 1 atom stereocenters. The second kappa shape index (κ2) is 18.4. The van der Waals surface area contributed by atoms with Crippen LogP contribution in [0.2, 0.25) is 0 Å². The van der Waals surface area contributed by atoms with Gasteiger partial charge in [-0.15, -0.1) is 0 Å². The summed E-state index contributed by atoms with van der Waals surface area (Å²) in [4.78, 5) is 33.2. The molecule has 126 valence electrons. The Morgan fingerprint density at radius 2 is 1.67 bits per heavy atom. The summed E-state index contributed by atoms with van der Waals surface area (Å²) >= 11 is 0. The molecule has 0 saturated carbocycles. The lowest BCUT2D eigenvalue weighted by atomic mass is 10.1. The number of rotatable bonds is 8. The third-order valence-electron chi connectivity index (χ3n) is 2.06. The van der Waals surface area contributed by atoms with Gasteiger partial charge >= 0.3 is 5.97 Å². The van der Waals surface area contributed by atoms with Crippen LogP contribution in [0.15, 0.2) is 0 Å². The fourth-order valence-electron chi connectivity index (χ4n) is 1.15. The molecule has 0 aliphatic carbocycles. The summed E-state index contributed by atoms with van der Waals surface area (Å²) in [7, 11) is 0. The lowest BCUT2D eigenvalue weighted by Crippen LogP contribution is -2.47. The molecule has 7 nitrogen and oxygen atoms in total. The minimum Gasteiger partial charge on any atom is -0.481 e. The zero-order chi connectivity index (χ0) is 17.3. The van der Waals surface area contributed by atoms with Crippen LogP contribution >= 0.6 is 0 Å². The smallest absolute Gasteiger partial charge is 0.303 e. The monoisotopic (exact) mass is 305 g/mol. The van der Waals surface area contributed by atoms with Gasteiger partial charge in [-0.2, -0.15) is 0 Å². The highest BCUT2D eigenvalue weighted by atomic mass is 16.4. The lowest BCUT2D eigenvalue weighted by Gasteiger charge is -2.17. The molecule has 0 aromatic carbocycles. The normalized spacial score (nSPS) is 10.0. The van der Waals surface area contributed by atoms with Gasteiger partial charge in [0.15, 0.2) is 0 Å². The van der Waals surface area contributed by atoms with E-state index >= 15 is 0 Å². The van der Waals surface area contributed by atoms with Crippen LogP contribution in [0.25, 0.3) is 0 Å². The summed E-state index contributed by atoms with van der Waals surface area (Å²) in [6.07, 6.45) is 0.135. The van der Waals surface area contributed by atoms with Crippen molar-refractivity contribution in [3.63, 3.8) is 0 Å². The fourth-order valence-corrected chi connectivity index (χ4v) is 1.15. The van der Waals surface area contributed by atoms with Crippen molar-refractivity contribution in [1.82, 2.24) is 10.6 Å². The largest absolute Gasteiger partial charge is 0.481 e. The lowest BCUT2D eigenvalue weighted by molar-refractivity contribution is -0.138. The van der Waals surface area contributed by atoms with Crippen molar-refractivity contribution >= 4 is 17.8 Å². The Kier molecular flexibility index (Phi) is 21.3. The summed E-state index contributed by atoms with van der Waals surface area (Å²) in [6, 6.07) is -0.815. The SMILES string of the molecule is CC.CC.CCC(=O)N[C@H](CCC(=O)O)C(=O)NCCN. The van der Waals surface area contributed by atoms with Crippen molar-refractivity contribution < 1.29 is 19.5 Å². The molecule has 0 unspecified atom stereocenters. The zero-order valence-electron chi connectivity index (χ0n) is 13.9. The molecule has 0 aliphatic heterocycles. The third-order valence-corrected chi connectivity index (χ3v) is 2.06. The fraction of sp³-hybridized carbons (Fsp3) is 0.786. The predicted octanol–water partition coefficient (Wildman–Crippen LogP) is 0.873. The van der Waals surface area contributed by atoms with Crippen LogP contribution in [-0.4, -0.2) is 42.0 Å². The molecule has 0 spiro atoms. The third kappa shape index (κ3) is 16.3. The molecule has 0 radical (unpaired) electrons. The standard InChI is InChI=1S/C10H19N3O4.2C2H6/c1-2-8(14)13-7(3-4-9(15)16)10(17)12-6-5-11;2*1-2/h7H,2-6,11H2,1H3,(H,12,17)(H,13,14)(H,15,16);2*1-2H3/t7-;;/m1../s1. The van der Waals surface area contributed by atoms with Crippen molar-refractivity contribution in [2.45, 2.75) is 59.9 Å². The van der Waals surface area contributed by atoms with Crippen molar-refractivity contribution in [3.05, 3.63) is 0 Å². The van der Waals surface area contributed by atoms with E-state index in [1.807, 2.05) is 27.7 Å². The molecular formula is C14H31N3O4. The van der Waals surface area contributed by atoms with E-state index in [2.05, 4.69) is 10.6 Å². The summed E-state index contributed by atoms with van der Waals surface area (Å²) in [5.41, 5.74) is 5.23. The number of carboxylic acid groups (broad SMARTS) is 1. The first-order valence-corrected chi connectivity index (χ1v) is 7.50. The highest BCUT2D eigenvalue weighted by Gasteiger charge is 2.20. The van der Waals surface area contributed by atoms with Gasteiger partial charge < -0.3 is 21.5 Å². The second-order valence-corrected chi connectivity index (χ2v) is 3.49. The van der Waals surface area contributed by atoms with E-state index in [9.17, 15) is 14.4 Å². The molecular weight excluding hydrogens is 274 g/mol. The van der Waals surface area contributed by atoms with E-state index < -0.39 is 17.9 Å². The molecule has 0 aromatic heterocycles. The van der Waals surface area contributed by atoms with Crippen LogP contribution in [0.5, 0.6) is 0 Å². The van der Waals surface area contributed by atoms with Crippen molar-refractivity contribution in [1.29, 1.82) is 0 Å². The average molecular weight is 305 g/mol. The maximum Gasteiger partial charge on any atom is 0.303 e. The maximum absolute atomic E-state index is 11.6. The van der Waals surface area contributed by atoms with E-state index in [1.165, 1.54) is 0 Å². The maximum atomic E-state index is 11.6. The van der Waals surface area contributed by atoms with Crippen LogP contribution in [0.4, 0.5) is 0 Å². The molecule has 5 N–H and O–H groups in total. The number of carbonyl (C=O) groups excluding carboxylic acids is 2. The van der Waals surface area contributed by atoms with Crippen LogP contribution in [0.1, 0.15) is 53.9 Å². The summed E-state index contributed by atoms with van der Waals surface area (Å²) in [6.45, 7) is 10.2. The Morgan fingerprint density at radius 1 is 1.14 bits per heavy atom. The van der Waals surface area contributed by atoms with E-state index in [1.54, 1.807) is 6.92 Å². The van der Waals surface area contributed by atoms with Crippen molar-refractivity contribution in [3.8, 4) is 0 Å². The van der Waals surface area contributed by atoms with Gasteiger partial charge in [0.2, 0.25) is 11.8 Å². The minimum atomic E-state index is -1.01. The van der Waals surface area contributed by atoms with Gasteiger partial charge in [-0.3, -0.25) is 14.4 Å². The topological polar surface area (TPSA) is 122 Å². The number of carboxylic acids is 1. The second-order valence-electron chi connectivity index (χ2n) is 3.49.